The molecule has 1 aromatic carbocycles. The van der Waals surface area contributed by atoms with E-state index >= 15 is 0 Å². The van der Waals surface area contributed by atoms with E-state index in [1.54, 1.807) is 0 Å². The Bertz CT molecular complexity index is 272. The van der Waals surface area contributed by atoms with Crippen LogP contribution in [0.3, 0.4) is 0 Å². The summed E-state index contributed by atoms with van der Waals surface area (Å²) < 4.78 is 0. The molecular weight excluding hydrogens is 158 g/mol. The van der Waals surface area contributed by atoms with E-state index in [-0.39, 0.29) is 0 Å². The van der Waals surface area contributed by atoms with E-state index in [1.165, 1.54) is 11.1 Å². The van der Waals surface area contributed by atoms with Crippen LogP contribution >= 0.6 is 0 Å². The zero-order valence-electron chi connectivity index (χ0n) is 8.43. The third-order valence-corrected chi connectivity index (χ3v) is 1.99. The molecule has 0 unspecified atom stereocenters. The first-order valence-electron chi connectivity index (χ1n) is 4.74. The summed E-state index contributed by atoms with van der Waals surface area (Å²) in [5.74, 6) is 0. The lowest BCUT2D eigenvalue weighted by molar-refractivity contribution is 0.825. The van der Waals surface area contributed by atoms with E-state index in [0.717, 1.165) is 18.7 Å². The molecule has 0 saturated heterocycles. The van der Waals surface area contributed by atoms with Crippen LogP contribution in [0.1, 0.15) is 24.5 Å². The van der Waals surface area contributed by atoms with Crippen molar-refractivity contribution in [3.8, 4) is 0 Å². The number of hydrogen-bond acceptors (Lipinski definition) is 1. The molecule has 0 spiro atoms. The van der Waals surface area contributed by atoms with Gasteiger partial charge < -0.3 is 5.32 Å². The Morgan fingerprint density at radius 1 is 1.31 bits per heavy atom. The molecule has 0 saturated carbocycles. The van der Waals surface area contributed by atoms with Crippen LogP contribution in [0.5, 0.6) is 0 Å². The molecule has 1 aromatic rings. The van der Waals surface area contributed by atoms with Crippen molar-refractivity contribution in [2.45, 2.75) is 20.3 Å². The monoisotopic (exact) mass is 175 g/mol. The second-order valence-corrected chi connectivity index (χ2v) is 3.27. The molecule has 1 rings (SSSR count). The largest absolute Gasteiger partial charge is 0.385 e. The summed E-state index contributed by atoms with van der Waals surface area (Å²) in [5.41, 5.74) is 3.48. The van der Waals surface area contributed by atoms with Crippen molar-refractivity contribution >= 4 is 5.70 Å². The first-order valence-corrected chi connectivity index (χ1v) is 4.74. The smallest absolute Gasteiger partial charge is 0.0340 e. The molecule has 0 atom stereocenters. The zero-order valence-corrected chi connectivity index (χ0v) is 8.43. The molecule has 0 heterocycles. The van der Waals surface area contributed by atoms with Crippen LogP contribution in [0.2, 0.25) is 0 Å². The minimum atomic E-state index is 0.993. The molecule has 0 bridgehead atoms. The summed E-state index contributed by atoms with van der Waals surface area (Å²) in [6.07, 6.45) is 1.13. The van der Waals surface area contributed by atoms with Gasteiger partial charge in [0.05, 0.1) is 0 Å². The van der Waals surface area contributed by atoms with Gasteiger partial charge in [-0.25, -0.2) is 0 Å². The van der Waals surface area contributed by atoms with E-state index in [4.69, 9.17) is 0 Å². The second kappa shape index (κ2) is 4.70. The first kappa shape index (κ1) is 9.85. The van der Waals surface area contributed by atoms with Gasteiger partial charge in [0.2, 0.25) is 0 Å². The molecule has 13 heavy (non-hydrogen) atoms. The van der Waals surface area contributed by atoms with Gasteiger partial charge in [0.15, 0.2) is 0 Å². The van der Waals surface area contributed by atoms with E-state index in [0.29, 0.717) is 0 Å². The highest BCUT2D eigenvalue weighted by Gasteiger charge is 1.95. The van der Waals surface area contributed by atoms with E-state index in [9.17, 15) is 0 Å². The van der Waals surface area contributed by atoms with Crippen LogP contribution in [0.4, 0.5) is 0 Å². The van der Waals surface area contributed by atoms with Gasteiger partial charge in [-0.3, -0.25) is 0 Å². The molecule has 0 aliphatic carbocycles. The maximum atomic E-state index is 3.98. The predicted octanol–water partition coefficient (Wildman–Crippen LogP) is 2.97. The average molecular weight is 175 g/mol. The standard InChI is InChI=1S/C12H17N/c1-4-9-13-11(3)12-7-5-10(2)6-8-12/h5-8,13H,3-4,9H2,1-2H3. The zero-order chi connectivity index (χ0) is 9.68. The summed E-state index contributed by atoms with van der Waals surface area (Å²) in [6.45, 7) is 9.21. The average Bonchev–Trinajstić information content (AvgIpc) is 2.15. The molecular formula is C12H17N. The van der Waals surface area contributed by atoms with Crippen molar-refractivity contribution in [3.05, 3.63) is 42.0 Å². The fraction of sp³-hybridized carbons (Fsp3) is 0.333. The topological polar surface area (TPSA) is 12.0 Å². The quantitative estimate of drug-likeness (QED) is 0.741. The highest BCUT2D eigenvalue weighted by molar-refractivity contribution is 5.61. The lowest BCUT2D eigenvalue weighted by atomic mass is 10.1. The van der Waals surface area contributed by atoms with Gasteiger partial charge in [-0.1, -0.05) is 43.3 Å². The van der Waals surface area contributed by atoms with E-state index < -0.39 is 0 Å². The first-order chi connectivity index (χ1) is 6.24. The maximum Gasteiger partial charge on any atom is 0.0340 e. The fourth-order valence-corrected chi connectivity index (χ4v) is 1.13. The number of aryl methyl sites for hydroxylation is 1. The maximum absolute atomic E-state index is 3.98. The minimum Gasteiger partial charge on any atom is -0.385 e. The Balaban J connectivity index is 2.61. The van der Waals surface area contributed by atoms with Crippen LogP contribution < -0.4 is 5.32 Å². The SMILES string of the molecule is C=C(NCCC)c1ccc(C)cc1. The molecule has 0 amide bonds. The van der Waals surface area contributed by atoms with Crippen molar-refractivity contribution < 1.29 is 0 Å². The van der Waals surface area contributed by atoms with Gasteiger partial charge in [-0.2, -0.15) is 0 Å². The predicted molar refractivity (Wildman–Crippen MR) is 58.5 cm³/mol. The van der Waals surface area contributed by atoms with Crippen LogP contribution in [-0.4, -0.2) is 6.54 Å². The molecule has 1 nitrogen and oxygen atoms in total. The van der Waals surface area contributed by atoms with Gasteiger partial charge >= 0.3 is 0 Å². The highest BCUT2D eigenvalue weighted by Crippen LogP contribution is 2.10. The molecule has 0 aliphatic heterocycles. The molecule has 0 fully saturated rings. The fourth-order valence-electron chi connectivity index (χ4n) is 1.13. The number of hydrogen-bond donors (Lipinski definition) is 1. The summed E-state index contributed by atoms with van der Waals surface area (Å²) in [6, 6.07) is 8.41. The molecule has 0 radical (unpaired) electrons. The third kappa shape index (κ3) is 2.94. The molecule has 1 N–H and O–H groups in total. The van der Waals surface area contributed by atoms with E-state index in [1.807, 2.05) is 0 Å². The summed E-state index contributed by atoms with van der Waals surface area (Å²) >= 11 is 0. The number of nitrogens with one attached hydrogen (secondary N) is 1. The Kier molecular flexibility index (Phi) is 3.56. The Morgan fingerprint density at radius 2 is 1.92 bits per heavy atom. The van der Waals surface area contributed by atoms with Crippen LogP contribution in [-0.2, 0) is 0 Å². The lowest BCUT2D eigenvalue weighted by Gasteiger charge is -2.08. The molecule has 1 heteroatoms. The van der Waals surface area contributed by atoms with Gasteiger partial charge in [-0.15, -0.1) is 0 Å². The summed E-state index contributed by atoms with van der Waals surface area (Å²) in [4.78, 5) is 0. The van der Waals surface area contributed by atoms with Crippen LogP contribution in [0.15, 0.2) is 30.8 Å². The Morgan fingerprint density at radius 3 is 2.46 bits per heavy atom. The van der Waals surface area contributed by atoms with Crippen molar-refractivity contribution in [2.24, 2.45) is 0 Å². The number of rotatable bonds is 4. The van der Waals surface area contributed by atoms with Crippen LogP contribution in [0.25, 0.3) is 5.70 Å². The lowest BCUT2D eigenvalue weighted by Crippen LogP contribution is -2.11. The van der Waals surface area contributed by atoms with Crippen molar-refractivity contribution in [3.63, 3.8) is 0 Å². The second-order valence-electron chi connectivity index (χ2n) is 3.27. The van der Waals surface area contributed by atoms with Crippen LogP contribution in [0, 0.1) is 6.92 Å². The Hall–Kier alpha value is -1.24. The molecule has 70 valence electrons. The van der Waals surface area contributed by atoms with Crippen molar-refractivity contribution in [1.29, 1.82) is 0 Å². The third-order valence-electron chi connectivity index (χ3n) is 1.99. The van der Waals surface area contributed by atoms with Gasteiger partial charge in [0.1, 0.15) is 0 Å². The summed E-state index contributed by atoms with van der Waals surface area (Å²) in [5, 5.41) is 3.27. The van der Waals surface area contributed by atoms with Gasteiger partial charge in [0, 0.05) is 12.2 Å². The van der Waals surface area contributed by atoms with Crippen molar-refractivity contribution in [2.75, 3.05) is 6.54 Å². The Labute approximate surface area is 80.5 Å². The van der Waals surface area contributed by atoms with Gasteiger partial charge in [0.25, 0.3) is 0 Å². The normalized spacial score (nSPS) is 9.69. The molecule has 0 aliphatic rings. The van der Waals surface area contributed by atoms with Gasteiger partial charge in [-0.05, 0) is 18.9 Å². The number of benzene rings is 1. The summed E-state index contributed by atoms with van der Waals surface area (Å²) in [7, 11) is 0. The highest BCUT2D eigenvalue weighted by atomic mass is 14.9. The van der Waals surface area contributed by atoms with E-state index in [2.05, 4.69) is 50.0 Å². The van der Waals surface area contributed by atoms with Crippen molar-refractivity contribution in [1.82, 2.24) is 5.32 Å². The molecule has 0 aromatic heterocycles. The minimum absolute atomic E-state index is 0.993.